The highest BCUT2D eigenvalue weighted by atomic mass is 32.1. The molecule has 9 aromatic carbocycles. The molecule has 3 aromatic heterocycles. The molecule has 0 radical (unpaired) electrons. The summed E-state index contributed by atoms with van der Waals surface area (Å²) in [5, 5.41) is 7.83. The molecule has 3 heterocycles. The first-order valence-electron chi connectivity index (χ1n) is 19.4. The molecule has 0 spiro atoms. The van der Waals surface area contributed by atoms with Gasteiger partial charge in [-0.2, -0.15) is 0 Å². The smallest absolute Gasteiger partial charge is 0.137 e. The van der Waals surface area contributed by atoms with Gasteiger partial charge in [0.15, 0.2) is 0 Å². The van der Waals surface area contributed by atoms with Gasteiger partial charge >= 0.3 is 0 Å². The molecule has 0 atom stereocenters. The highest BCUT2D eigenvalue weighted by molar-refractivity contribution is 7.21. The number of fused-ring (bicyclic) bond motifs is 8. The van der Waals surface area contributed by atoms with Crippen LogP contribution in [0.4, 0.5) is 17.1 Å². The molecule has 12 rings (SSSR count). The molecule has 12 aromatic rings. The first kappa shape index (κ1) is 32.7. The zero-order valence-corrected chi connectivity index (χ0v) is 31.9. The van der Waals surface area contributed by atoms with Crippen LogP contribution in [0.25, 0.3) is 97.7 Å². The maximum absolute atomic E-state index is 6.53. The molecule has 0 saturated heterocycles. The van der Waals surface area contributed by atoms with E-state index in [4.69, 9.17) is 13.8 Å². The van der Waals surface area contributed by atoms with Gasteiger partial charge in [0.25, 0.3) is 0 Å². The highest BCUT2D eigenvalue weighted by Gasteiger charge is 2.19. The highest BCUT2D eigenvalue weighted by Crippen LogP contribution is 2.43. The maximum atomic E-state index is 6.53. The van der Waals surface area contributed by atoms with Gasteiger partial charge in [-0.15, -0.1) is 11.3 Å². The normalized spacial score (nSPS) is 11.8. The minimum atomic E-state index is 0.860. The fourth-order valence-corrected chi connectivity index (χ4v) is 9.43. The van der Waals surface area contributed by atoms with Crippen LogP contribution < -0.4 is 4.90 Å². The second-order valence-electron chi connectivity index (χ2n) is 14.8. The summed E-state index contributed by atoms with van der Waals surface area (Å²) < 4.78 is 14.0. The number of thiazole rings is 1. The average molecular weight is 761 g/mol. The molecule has 0 fully saturated rings. The van der Waals surface area contributed by atoms with E-state index in [1.165, 1.54) is 21.9 Å². The summed E-state index contributed by atoms with van der Waals surface area (Å²) in [4.78, 5) is 7.43. The van der Waals surface area contributed by atoms with E-state index in [0.717, 1.165) is 92.9 Å². The predicted octanol–water partition coefficient (Wildman–Crippen LogP) is 15.7. The van der Waals surface area contributed by atoms with Gasteiger partial charge in [-0.1, -0.05) is 121 Å². The number of hydrogen-bond donors (Lipinski definition) is 0. The van der Waals surface area contributed by atoms with E-state index >= 15 is 0 Å². The number of aromatic nitrogens is 1. The number of nitrogens with zero attached hydrogens (tertiary/aromatic N) is 2. The molecule has 0 amide bonds. The average Bonchev–Trinajstić information content (AvgIpc) is 3.99. The van der Waals surface area contributed by atoms with Gasteiger partial charge < -0.3 is 13.7 Å². The third-order valence-corrected chi connectivity index (χ3v) is 12.4. The Morgan fingerprint density at radius 1 is 0.397 bits per heavy atom. The summed E-state index contributed by atoms with van der Waals surface area (Å²) >= 11 is 1.70. The lowest BCUT2D eigenvalue weighted by Gasteiger charge is -2.26. The van der Waals surface area contributed by atoms with Gasteiger partial charge in [0.2, 0.25) is 0 Å². The predicted molar refractivity (Wildman–Crippen MR) is 243 cm³/mol. The molecule has 0 unspecified atom stereocenters. The van der Waals surface area contributed by atoms with Crippen LogP contribution in [0.5, 0.6) is 0 Å². The molecule has 272 valence electrons. The number of furan rings is 2. The Balaban J connectivity index is 0.948. The number of benzene rings is 9. The Morgan fingerprint density at radius 3 is 1.88 bits per heavy atom. The van der Waals surface area contributed by atoms with Crippen LogP contribution in [-0.2, 0) is 0 Å². The molecule has 0 N–H and O–H groups in total. The van der Waals surface area contributed by atoms with Crippen molar-refractivity contribution in [2.24, 2.45) is 0 Å². The summed E-state index contributed by atoms with van der Waals surface area (Å²) in [5.41, 5.74) is 13.3. The van der Waals surface area contributed by atoms with E-state index in [-0.39, 0.29) is 0 Å². The van der Waals surface area contributed by atoms with Crippen LogP contribution in [0.2, 0.25) is 0 Å². The van der Waals surface area contributed by atoms with Crippen LogP contribution in [0, 0.1) is 0 Å². The molecule has 58 heavy (non-hydrogen) atoms. The summed E-state index contributed by atoms with van der Waals surface area (Å²) in [6.07, 6.45) is 0. The molecule has 0 aliphatic carbocycles. The summed E-state index contributed by atoms with van der Waals surface area (Å²) in [7, 11) is 0. The Hall–Kier alpha value is -7.47. The lowest BCUT2D eigenvalue weighted by atomic mass is 9.99. The molecule has 0 aliphatic heterocycles. The molecular formula is C53H32N2O2S. The zero-order valence-electron chi connectivity index (χ0n) is 31.1. The minimum Gasteiger partial charge on any atom is -0.456 e. The molecule has 0 saturated carbocycles. The van der Waals surface area contributed by atoms with Gasteiger partial charge in [-0.25, -0.2) is 4.98 Å². The van der Waals surface area contributed by atoms with Crippen molar-refractivity contribution in [3.63, 3.8) is 0 Å². The second kappa shape index (κ2) is 13.1. The minimum absolute atomic E-state index is 0.860. The third kappa shape index (κ3) is 5.40. The Labute approximate surface area is 337 Å². The van der Waals surface area contributed by atoms with Crippen LogP contribution in [0.1, 0.15) is 0 Å². The van der Waals surface area contributed by atoms with E-state index in [1.54, 1.807) is 11.3 Å². The quantitative estimate of drug-likeness (QED) is 0.169. The van der Waals surface area contributed by atoms with E-state index in [9.17, 15) is 0 Å². The van der Waals surface area contributed by atoms with Crippen LogP contribution in [-0.4, -0.2) is 4.98 Å². The van der Waals surface area contributed by atoms with Gasteiger partial charge in [0, 0.05) is 56.3 Å². The standard InChI is InChI=1S/C53H32N2O2S/c1-2-9-33(10-3-1)35-19-23-39(24-20-35)55(41-27-28-44-43-13-6-7-15-47(43)56-49(44)30-41)40-25-21-36(22-26-40)42-14-8-16-48-52(42)45-31-46-51(32-50(45)57-48)58-53(54-46)38-18-17-34-11-4-5-12-37(34)29-38/h1-32H. The van der Waals surface area contributed by atoms with E-state index in [1.807, 2.05) is 12.1 Å². The van der Waals surface area contributed by atoms with Crippen molar-refractivity contribution in [1.82, 2.24) is 4.98 Å². The Morgan fingerprint density at radius 2 is 1.03 bits per heavy atom. The van der Waals surface area contributed by atoms with Crippen molar-refractivity contribution in [3.05, 3.63) is 194 Å². The van der Waals surface area contributed by atoms with Gasteiger partial charge in [-0.05, 0) is 93.7 Å². The first-order chi connectivity index (χ1) is 28.7. The molecule has 4 nitrogen and oxygen atoms in total. The number of para-hydroxylation sites is 1. The molecule has 0 bridgehead atoms. The molecule has 5 heteroatoms. The summed E-state index contributed by atoms with van der Waals surface area (Å²) in [5.74, 6) is 0. The monoisotopic (exact) mass is 760 g/mol. The summed E-state index contributed by atoms with van der Waals surface area (Å²) in [6.45, 7) is 0. The van der Waals surface area contributed by atoms with Crippen molar-refractivity contribution in [3.8, 4) is 32.8 Å². The Kier molecular flexibility index (Phi) is 7.37. The molecular weight excluding hydrogens is 729 g/mol. The number of rotatable bonds is 6. The number of anilines is 3. The lowest BCUT2D eigenvalue weighted by Crippen LogP contribution is -2.09. The molecule has 0 aliphatic rings. The second-order valence-corrected chi connectivity index (χ2v) is 15.8. The van der Waals surface area contributed by atoms with Crippen LogP contribution in [0.3, 0.4) is 0 Å². The SMILES string of the molecule is c1ccc(-c2ccc(N(c3ccc(-c4cccc5oc6cc7sc(-c8ccc9ccccc9c8)nc7cc6c45)cc3)c3ccc4c(c3)oc3ccccc34)cc2)cc1. The number of hydrogen-bond acceptors (Lipinski definition) is 5. The van der Waals surface area contributed by atoms with Crippen molar-refractivity contribution in [2.75, 3.05) is 4.90 Å². The van der Waals surface area contributed by atoms with Crippen LogP contribution in [0.15, 0.2) is 203 Å². The maximum Gasteiger partial charge on any atom is 0.137 e. The fourth-order valence-electron chi connectivity index (χ4n) is 8.46. The van der Waals surface area contributed by atoms with Crippen LogP contribution >= 0.6 is 11.3 Å². The third-order valence-electron chi connectivity index (χ3n) is 11.3. The fraction of sp³-hybridized carbons (Fsp3) is 0. The van der Waals surface area contributed by atoms with Gasteiger partial charge in [0.1, 0.15) is 27.3 Å². The van der Waals surface area contributed by atoms with Gasteiger partial charge in [0.05, 0.1) is 10.2 Å². The Bertz CT molecular complexity index is 3510. The zero-order chi connectivity index (χ0) is 38.2. The van der Waals surface area contributed by atoms with E-state index in [0.29, 0.717) is 0 Å². The lowest BCUT2D eigenvalue weighted by molar-refractivity contribution is 0.669. The van der Waals surface area contributed by atoms with Crippen molar-refractivity contribution in [2.45, 2.75) is 0 Å². The summed E-state index contributed by atoms with van der Waals surface area (Å²) in [6, 6.07) is 68.6. The largest absolute Gasteiger partial charge is 0.456 e. The van der Waals surface area contributed by atoms with Crippen molar-refractivity contribution >= 4 is 93.3 Å². The van der Waals surface area contributed by atoms with E-state index < -0.39 is 0 Å². The van der Waals surface area contributed by atoms with Gasteiger partial charge in [-0.3, -0.25) is 0 Å². The van der Waals surface area contributed by atoms with E-state index in [2.05, 4.69) is 187 Å². The van der Waals surface area contributed by atoms with Crippen molar-refractivity contribution in [1.29, 1.82) is 0 Å². The topological polar surface area (TPSA) is 42.4 Å². The first-order valence-corrected chi connectivity index (χ1v) is 20.2. The van der Waals surface area contributed by atoms with Crippen molar-refractivity contribution < 1.29 is 8.83 Å².